The van der Waals surface area contributed by atoms with E-state index in [0.29, 0.717) is 0 Å². The molecule has 0 aromatic heterocycles. The highest BCUT2D eigenvalue weighted by Crippen LogP contribution is 2.32. The Hall–Kier alpha value is -0.610. The molecule has 1 aliphatic carbocycles. The van der Waals surface area contributed by atoms with E-state index in [0.717, 1.165) is 25.7 Å². The van der Waals surface area contributed by atoms with Crippen molar-refractivity contribution in [1.29, 1.82) is 0 Å². The fourth-order valence-corrected chi connectivity index (χ4v) is 2.45. The molecule has 0 aromatic rings. The normalized spacial score (nSPS) is 29.4. The molecule has 17 heavy (non-hydrogen) atoms. The van der Waals surface area contributed by atoms with Gasteiger partial charge in [-0.1, -0.05) is 0 Å². The fourth-order valence-electron chi connectivity index (χ4n) is 2.45. The van der Waals surface area contributed by atoms with Crippen LogP contribution in [0.1, 0.15) is 39.5 Å². The van der Waals surface area contributed by atoms with E-state index in [9.17, 15) is 9.90 Å². The first-order chi connectivity index (χ1) is 7.95. The predicted molar refractivity (Wildman–Crippen MR) is 68.7 cm³/mol. The molecule has 0 aromatic carbocycles. The molecule has 1 saturated carbocycles. The van der Waals surface area contributed by atoms with Crippen molar-refractivity contribution in [3.05, 3.63) is 0 Å². The third kappa shape index (κ3) is 3.19. The van der Waals surface area contributed by atoms with Crippen LogP contribution in [0.2, 0.25) is 0 Å². The van der Waals surface area contributed by atoms with E-state index in [1.807, 2.05) is 32.8 Å². The van der Waals surface area contributed by atoms with Crippen LogP contribution in [0.15, 0.2) is 0 Å². The molecule has 0 bridgehead atoms. The Morgan fingerprint density at radius 2 is 2.00 bits per heavy atom. The first-order valence-corrected chi connectivity index (χ1v) is 6.52. The van der Waals surface area contributed by atoms with Crippen molar-refractivity contribution in [2.24, 2.45) is 5.92 Å². The zero-order valence-corrected chi connectivity index (χ0v) is 11.5. The zero-order chi connectivity index (χ0) is 13.1. The first kappa shape index (κ1) is 14.5. The maximum Gasteiger partial charge on any atom is 0.225 e. The second-order valence-electron chi connectivity index (χ2n) is 5.51. The summed E-state index contributed by atoms with van der Waals surface area (Å²) in [7, 11) is 3.76. The highest BCUT2D eigenvalue weighted by Gasteiger charge is 2.36. The molecule has 1 fully saturated rings. The van der Waals surface area contributed by atoms with Crippen molar-refractivity contribution < 1.29 is 9.90 Å². The molecule has 0 radical (unpaired) electrons. The molecule has 0 unspecified atom stereocenters. The van der Waals surface area contributed by atoms with E-state index < -0.39 is 0 Å². The van der Waals surface area contributed by atoms with Crippen LogP contribution in [-0.4, -0.2) is 48.2 Å². The van der Waals surface area contributed by atoms with Crippen LogP contribution in [0.25, 0.3) is 0 Å². The van der Waals surface area contributed by atoms with Crippen LogP contribution in [-0.2, 0) is 4.79 Å². The summed E-state index contributed by atoms with van der Waals surface area (Å²) in [4.78, 5) is 14.0. The van der Waals surface area contributed by atoms with Gasteiger partial charge in [0.1, 0.15) is 0 Å². The average molecular weight is 242 g/mol. The molecule has 0 aliphatic heterocycles. The van der Waals surface area contributed by atoms with Crippen molar-refractivity contribution >= 4 is 5.91 Å². The van der Waals surface area contributed by atoms with Gasteiger partial charge in [0.2, 0.25) is 5.91 Å². The largest absolute Gasteiger partial charge is 0.394 e. The van der Waals surface area contributed by atoms with Crippen molar-refractivity contribution in [2.45, 2.75) is 51.1 Å². The number of aliphatic hydroxyl groups is 1. The van der Waals surface area contributed by atoms with Gasteiger partial charge in [-0.25, -0.2) is 0 Å². The van der Waals surface area contributed by atoms with E-state index in [2.05, 4.69) is 5.32 Å². The molecule has 4 heteroatoms. The van der Waals surface area contributed by atoms with E-state index in [4.69, 9.17) is 0 Å². The van der Waals surface area contributed by atoms with Gasteiger partial charge in [-0.05, 0) is 46.6 Å². The minimum Gasteiger partial charge on any atom is -0.394 e. The number of rotatable bonds is 4. The van der Waals surface area contributed by atoms with Gasteiger partial charge >= 0.3 is 0 Å². The van der Waals surface area contributed by atoms with Gasteiger partial charge < -0.3 is 15.3 Å². The van der Waals surface area contributed by atoms with Gasteiger partial charge in [0.15, 0.2) is 0 Å². The molecular weight excluding hydrogens is 216 g/mol. The number of amides is 1. The Balaban J connectivity index is 2.55. The highest BCUT2D eigenvalue weighted by atomic mass is 16.3. The molecule has 2 N–H and O–H groups in total. The van der Waals surface area contributed by atoms with Crippen LogP contribution < -0.4 is 5.32 Å². The van der Waals surface area contributed by atoms with Crippen LogP contribution in [0, 0.1) is 5.92 Å². The summed E-state index contributed by atoms with van der Waals surface area (Å²) in [5, 5.41) is 12.6. The molecule has 0 heterocycles. The number of nitrogens with one attached hydrogen (secondary N) is 1. The van der Waals surface area contributed by atoms with Gasteiger partial charge in [0.25, 0.3) is 0 Å². The predicted octanol–water partition coefficient (Wildman–Crippen LogP) is 0.994. The van der Waals surface area contributed by atoms with Gasteiger partial charge in [-0.2, -0.15) is 0 Å². The summed E-state index contributed by atoms with van der Waals surface area (Å²) in [6, 6.07) is 0.260. The lowest BCUT2D eigenvalue weighted by Gasteiger charge is -2.39. The molecule has 0 atom stereocenters. The van der Waals surface area contributed by atoms with Gasteiger partial charge in [-0.15, -0.1) is 0 Å². The third-order valence-corrected chi connectivity index (χ3v) is 4.25. The number of nitrogens with zero attached hydrogens (tertiary/aromatic N) is 1. The number of hydrogen-bond acceptors (Lipinski definition) is 3. The van der Waals surface area contributed by atoms with Crippen molar-refractivity contribution in [3.8, 4) is 0 Å². The van der Waals surface area contributed by atoms with E-state index in [1.165, 1.54) is 0 Å². The van der Waals surface area contributed by atoms with Crippen LogP contribution in [0.5, 0.6) is 0 Å². The maximum atomic E-state index is 12.2. The van der Waals surface area contributed by atoms with Crippen LogP contribution in [0.4, 0.5) is 0 Å². The molecule has 1 rings (SSSR count). The number of carbonyl (C=O) groups is 1. The summed E-state index contributed by atoms with van der Waals surface area (Å²) in [6.07, 6.45) is 3.50. The van der Waals surface area contributed by atoms with Crippen molar-refractivity contribution in [2.75, 3.05) is 20.7 Å². The van der Waals surface area contributed by atoms with Crippen molar-refractivity contribution in [1.82, 2.24) is 10.2 Å². The minimum absolute atomic E-state index is 0.135. The summed E-state index contributed by atoms with van der Waals surface area (Å²) in [6.45, 7) is 4.23. The number of hydrogen-bond donors (Lipinski definition) is 2. The van der Waals surface area contributed by atoms with Gasteiger partial charge in [0, 0.05) is 24.5 Å². The number of aliphatic hydroxyl groups excluding tert-OH is 1. The molecule has 0 spiro atoms. The molecule has 0 saturated heterocycles. The standard InChI is InChI=1S/C13H26N2O2/c1-10(2)15(4)12(17)11-5-7-13(9-16,14-3)8-6-11/h10-11,14,16H,5-9H2,1-4H3. The highest BCUT2D eigenvalue weighted by molar-refractivity contribution is 5.79. The quantitative estimate of drug-likeness (QED) is 0.773. The second kappa shape index (κ2) is 5.83. The zero-order valence-electron chi connectivity index (χ0n) is 11.5. The molecule has 4 nitrogen and oxygen atoms in total. The second-order valence-corrected chi connectivity index (χ2v) is 5.51. The van der Waals surface area contributed by atoms with Crippen LogP contribution in [0.3, 0.4) is 0 Å². The molecule has 100 valence electrons. The fraction of sp³-hybridized carbons (Fsp3) is 0.923. The summed E-state index contributed by atoms with van der Waals surface area (Å²) >= 11 is 0. The maximum absolute atomic E-state index is 12.2. The SMILES string of the molecule is CNC1(CO)CCC(C(=O)N(C)C(C)C)CC1. The van der Waals surface area contributed by atoms with Gasteiger partial charge in [-0.3, -0.25) is 4.79 Å². The lowest BCUT2D eigenvalue weighted by Crippen LogP contribution is -2.51. The molecule has 1 aliphatic rings. The Morgan fingerprint density at radius 1 is 1.47 bits per heavy atom. The first-order valence-electron chi connectivity index (χ1n) is 6.52. The summed E-state index contributed by atoms with van der Waals surface area (Å²) in [5.74, 6) is 0.387. The van der Waals surface area contributed by atoms with Crippen LogP contribution >= 0.6 is 0 Å². The topological polar surface area (TPSA) is 52.6 Å². The number of likely N-dealkylation sites (N-methyl/N-ethyl adjacent to an activating group) is 1. The molecular formula is C13H26N2O2. The minimum atomic E-state index is -0.160. The van der Waals surface area contributed by atoms with Gasteiger partial charge in [0.05, 0.1) is 6.61 Å². The van der Waals surface area contributed by atoms with Crippen molar-refractivity contribution in [3.63, 3.8) is 0 Å². The average Bonchev–Trinajstić information content (AvgIpc) is 2.37. The monoisotopic (exact) mass is 242 g/mol. The summed E-state index contributed by atoms with van der Waals surface area (Å²) in [5.41, 5.74) is -0.160. The van der Waals surface area contributed by atoms with E-state index in [1.54, 1.807) is 0 Å². The third-order valence-electron chi connectivity index (χ3n) is 4.25. The Labute approximate surface area is 104 Å². The smallest absolute Gasteiger partial charge is 0.225 e. The lowest BCUT2D eigenvalue weighted by atomic mass is 9.76. The Bertz CT molecular complexity index is 252. The van der Waals surface area contributed by atoms with E-state index in [-0.39, 0.29) is 30.0 Å². The summed E-state index contributed by atoms with van der Waals surface area (Å²) < 4.78 is 0. The van der Waals surface area contributed by atoms with E-state index >= 15 is 0 Å². The lowest BCUT2D eigenvalue weighted by molar-refractivity contribution is -0.137. The Morgan fingerprint density at radius 3 is 2.35 bits per heavy atom. The Kier molecular flexibility index (Phi) is 4.95. The molecule has 1 amide bonds. The number of carbonyl (C=O) groups excluding carboxylic acids is 1.